The summed E-state index contributed by atoms with van der Waals surface area (Å²) in [7, 11) is -3.69. The summed E-state index contributed by atoms with van der Waals surface area (Å²) in [6.07, 6.45) is 3.15. The molecule has 1 saturated heterocycles. The predicted molar refractivity (Wildman–Crippen MR) is 85.7 cm³/mol. The molecule has 1 aliphatic heterocycles. The van der Waals surface area contributed by atoms with Gasteiger partial charge in [-0.1, -0.05) is 4.68 Å². The molecule has 1 fully saturated rings. The molecular weight excluding hydrogens is 386 g/mol. The van der Waals surface area contributed by atoms with Gasteiger partial charge in [0.25, 0.3) is 17.8 Å². The number of hydrogen-bond acceptors (Lipinski definition) is 7. The van der Waals surface area contributed by atoms with E-state index in [0.29, 0.717) is 19.6 Å². The number of sulfonamides is 1. The van der Waals surface area contributed by atoms with E-state index in [9.17, 15) is 18.5 Å². The Morgan fingerprint density at radius 2 is 2.08 bits per heavy atom. The molecule has 1 unspecified atom stereocenters. The number of nitrogens with two attached hydrogens (primary N) is 1. The molecule has 0 spiro atoms. The molecule has 2 aromatic rings. The maximum atomic E-state index is 12.8. The fourth-order valence-corrected chi connectivity index (χ4v) is 4.48. The van der Waals surface area contributed by atoms with E-state index in [0.717, 1.165) is 12.8 Å². The van der Waals surface area contributed by atoms with Crippen LogP contribution in [-0.2, 0) is 16.6 Å². The highest BCUT2D eigenvalue weighted by molar-refractivity contribution is 7.89. The average Bonchev–Trinajstić information content (AvgIpc) is 3.00. The lowest BCUT2D eigenvalue weighted by atomic mass is 10.00. The SMILES string of the molecule is Nc1c[n+](CC2CCCN(S(=O)(=O)c3ccc([N+](=O)[O-])cc3)C2)no1.[Cl-]. The standard InChI is InChI=1S/C14H18N5O5S.ClH/c15-14-10-17(16-24-14)8-11-2-1-7-18(9-11)25(22,23)13-5-3-12(4-6-13)19(20)21;/h3-6,10-11H,1-2,7-9,15H2;1H/q+1;/p-1. The van der Waals surface area contributed by atoms with Gasteiger partial charge in [0.15, 0.2) is 6.54 Å². The van der Waals surface area contributed by atoms with Gasteiger partial charge in [-0.15, -0.1) is 0 Å². The van der Waals surface area contributed by atoms with Crippen LogP contribution >= 0.6 is 0 Å². The number of anilines is 1. The monoisotopic (exact) mass is 403 g/mol. The Labute approximate surface area is 156 Å². The van der Waals surface area contributed by atoms with Crippen molar-refractivity contribution in [3.05, 3.63) is 40.6 Å². The van der Waals surface area contributed by atoms with Gasteiger partial charge in [-0.3, -0.25) is 14.6 Å². The Hall–Kier alpha value is -2.24. The lowest BCUT2D eigenvalue weighted by Crippen LogP contribution is -3.00. The second kappa shape index (κ2) is 7.98. The molecule has 142 valence electrons. The molecule has 1 aromatic carbocycles. The number of benzene rings is 1. The van der Waals surface area contributed by atoms with E-state index in [1.807, 2.05) is 0 Å². The molecule has 1 atom stereocenters. The third kappa shape index (κ3) is 4.29. The van der Waals surface area contributed by atoms with E-state index >= 15 is 0 Å². The maximum absolute atomic E-state index is 12.8. The summed E-state index contributed by atoms with van der Waals surface area (Å²) in [5.74, 6) is 0.280. The van der Waals surface area contributed by atoms with E-state index in [4.69, 9.17) is 10.3 Å². The first-order valence-electron chi connectivity index (χ1n) is 7.73. The van der Waals surface area contributed by atoms with Crippen molar-refractivity contribution in [3.63, 3.8) is 0 Å². The van der Waals surface area contributed by atoms with Crippen molar-refractivity contribution < 1.29 is 35.0 Å². The molecule has 2 N–H and O–H groups in total. The highest BCUT2D eigenvalue weighted by Crippen LogP contribution is 2.25. The molecule has 26 heavy (non-hydrogen) atoms. The molecule has 3 rings (SSSR count). The van der Waals surface area contributed by atoms with Crippen LogP contribution in [-0.4, -0.2) is 36.0 Å². The van der Waals surface area contributed by atoms with Gasteiger partial charge >= 0.3 is 0 Å². The van der Waals surface area contributed by atoms with Gasteiger partial charge in [0, 0.05) is 31.1 Å². The van der Waals surface area contributed by atoms with Gasteiger partial charge in [0.1, 0.15) is 0 Å². The molecule has 2 heterocycles. The van der Waals surface area contributed by atoms with Crippen molar-refractivity contribution in [1.82, 2.24) is 9.58 Å². The molecule has 0 aliphatic carbocycles. The molecule has 0 amide bonds. The van der Waals surface area contributed by atoms with Crippen LogP contribution in [0.5, 0.6) is 0 Å². The second-order valence-corrected chi connectivity index (χ2v) is 7.89. The number of rotatable bonds is 5. The minimum atomic E-state index is -3.69. The van der Waals surface area contributed by atoms with Gasteiger partial charge in [0.05, 0.1) is 9.82 Å². The van der Waals surface area contributed by atoms with Crippen molar-refractivity contribution in [2.24, 2.45) is 5.92 Å². The summed E-state index contributed by atoms with van der Waals surface area (Å²) in [5, 5.41) is 14.5. The smallest absolute Gasteiger partial charge is 0.293 e. The number of nitrogens with zero attached hydrogens (tertiary/aromatic N) is 4. The van der Waals surface area contributed by atoms with Crippen molar-refractivity contribution >= 4 is 21.6 Å². The third-order valence-corrected chi connectivity index (χ3v) is 6.02. The molecule has 1 aromatic heterocycles. The van der Waals surface area contributed by atoms with Crippen LogP contribution in [0, 0.1) is 16.0 Å². The van der Waals surface area contributed by atoms with E-state index in [-0.39, 0.29) is 34.8 Å². The molecule has 10 nitrogen and oxygen atoms in total. The van der Waals surface area contributed by atoms with Gasteiger partial charge in [-0.25, -0.2) is 8.42 Å². The summed E-state index contributed by atoms with van der Waals surface area (Å²) in [6.45, 7) is 1.27. The Kier molecular flexibility index (Phi) is 6.16. The van der Waals surface area contributed by atoms with Gasteiger partial charge in [0.2, 0.25) is 15.3 Å². The summed E-state index contributed by atoms with van der Waals surface area (Å²) in [5.41, 5.74) is 5.34. The van der Waals surface area contributed by atoms with Crippen molar-refractivity contribution in [3.8, 4) is 0 Å². The topological polar surface area (TPSA) is 136 Å². The van der Waals surface area contributed by atoms with Crippen LogP contribution in [0.15, 0.2) is 39.9 Å². The first kappa shape index (κ1) is 20.1. The number of nitro groups is 1. The fourth-order valence-electron chi connectivity index (χ4n) is 2.93. The Bertz CT molecular complexity index is 870. The molecule has 0 radical (unpaired) electrons. The number of non-ortho nitro benzene ring substituents is 1. The molecular formula is C14H18ClN5O5S. The number of aromatic nitrogens is 2. The minimum Gasteiger partial charge on any atom is -1.00 e. The predicted octanol–water partition coefficient (Wildman–Crippen LogP) is -2.44. The second-order valence-electron chi connectivity index (χ2n) is 5.95. The number of hydrogen-bond donors (Lipinski definition) is 1. The highest BCUT2D eigenvalue weighted by atomic mass is 35.5. The Balaban J connectivity index is 0.00000243. The lowest BCUT2D eigenvalue weighted by molar-refractivity contribution is -0.767. The van der Waals surface area contributed by atoms with E-state index in [2.05, 4.69) is 5.27 Å². The molecule has 0 bridgehead atoms. The minimum absolute atomic E-state index is 0. The summed E-state index contributed by atoms with van der Waals surface area (Å²) < 4.78 is 33.3. The largest absolute Gasteiger partial charge is 1.00 e. The van der Waals surface area contributed by atoms with Crippen LogP contribution in [0.3, 0.4) is 0 Å². The van der Waals surface area contributed by atoms with Crippen molar-refractivity contribution in [1.29, 1.82) is 0 Å². The Morgan fingerprint density at radius 3 is 2.65 bits per heavy atom. The van der Waals surface area contributed by atoms with Crippen LogP contribution in [0.25, 0.3) is 0 Å². The fraction of sp³-hybridized carbons (Fsp3) is 0.429. The Morgan fingerprint density at radius 1 is 1.38 bits per heavy atom. The summed E-state index contributed by atoms with van der Waals surface area (Å²) >= 11 is 0. The van der Waals surface area contributed by atoms with Crippen molar-refractivity contribution in [2.75, 3.05) is 18.8 Å². The zero-order valence-corrected chi connectivity index (χ0v) is 15.3. The maximum Gasteiger partial charge on any atom is 0.293 e. The lowest BCUT2D eigenvalue weighted by Gasteiger charge is -2.30. The number of halogens is 1. The third-order valence-electron chi connectivity index (χ3n) is 4.14. The molecule has 1 aliphatic rings. The summed E-state index contributed by atoms with van der Waals surface area (Å²) in [6, 6.07) is 4.93. The van der Waals surface area contributed by atoms with Crippen LogP contribution < -0.4 is 22.8 Å². The molecule has 12 heteroatoms. The zero-order valence-electron chi connectivity index (χ0n) is 13.7. The number of nitro benzene ring substituents is 1. The van der Waals surface area contributed by atoms with E-state index < -0.39 is 14.9 Å². The van der Waals surface area contributed by atoms with Crippen molar-refractivity contribution in [2.45, 2.75) is 24.3 Å². The van der Waals surface area contributed by atoms with Crippen LogP contribution in [0.4, 0.5) is 11.6 Å². The summed E-state index contributed by atoms with van der Waals surface area (Å²) in [4.78, 5) is 10.2. The average molecular weight is 404 g/mol. The normalized spacial score (nSPS) is 18.2. The van der Waals surface area contributed by atoms with Gasteiger partial charge in [-0.2, -0.15) is 4.31 Å². The molecule has 0 saturated carbocycles. The van der Waals surface area contributed by atoms with Gasteiger partial charge < -0.3 is 18.1 Å². The highest BCUT2D eigenvalue weighted by Gasteiger charge is 2.32. The van der Waals surface area contributed by atoms with E-state index in [1.54, 1.807) is 10.9 Å². The van der Waals surface area contributed by atoms with E-state index in [1.165, 1.54) is 28.6 Å². The van der Waals surface area contributed by atoms with Crippen LogP contribution in [0.1, 0.15) is 12.8 Å². The first-order valence-corrected chi connectivity index (χ1v) is 9.17. The number of nitrogen functional groups attached to an aromatic ring is 1. The quantitative estimate of drug-likeness (QED) is 0.332. The zero-order chi connectivity index (χ0) is 18.0. The van der Waals surface area contributed by atoms with Crippen LogP contribution in [0.2, 0.25) is 0 Å². The number of piperidine rings is 1. The first-order chi connectivity index (χ1) is 11.9. The van der Waals surface area contributed by atoms with Gasteiger partial charge in [-0.05, 0) is 25.0 Å².